The molecule has 1 aromatic carbocycles. The lowest BCUT2D eigenvalue weighted by Crippen LogP contribution is -2.33. The van der Waals surface area contributed by atoms with Gasteiger partial charge >= 0.3 is 0 Å². The molecule has 0 spiro atoms. The van der Waals surface area contributed by atoms with Crippen molar-refractivity contribution in [3.63, 3.8) is 0 Å². The van der Waals surface area contributed by atoms with E-state index in [1.54, 1.807) is 52.3 Å². The number of nitrogens with zero attached hydrogens (tertiary/aromatic N) is 5. The van der Waals surface area contributed by atoms with Gasteiger partial charge in [-0.15, -0.1) is 0 Å². The summed E-state index contributed by atoms with van der Waals surface area (Å²) in [4.78, 5) is 28.0. The van der Waals surface area contributed by atoms with Crippen LogP contribution in [0, 0.1) is 12.7 Å². The Kier molecular flexibility index (Phi) is 5.29. The van der Waals surface area contributed by atoms with Gasteiger partial charge in [0.15, 0.2) is 0 Å². The van der Waals surface area contributed by atoms with Gasteiger partial charge in [0.25, 0.3) is 5.91 Å². The van der Waals surface area contributed by atoms with E-state index in [0.717, 1.165) is 11.1 Å². The largest absolute Gasteiger partial charge is 0.333 e. The summed E-state index contributed by atoms with van der Waals surface area (Å²) in [7, 11) is 0. The smallest absolute Gasteiger partial charge is 0.273 e. The van der Waals surface area contributed by atoms with Crippen LogP contribution in [0.4, 0.5) is 4.39 Å². The van der Waals surface area contributed by atoms with E-state index in [1.165, 1.54) is 12.1 Å². The van der Waals surface area contributed by atoms with Crippen LogP contribution in [0.1, 0.15) is 27.3 Å². The van der Waals surface area contributed by atoms with Crippen molar-refractivity contribution in [3.05, 3.63) is 95.6 Å². The first-order valence-corrected chi connectivity index (χ1v) is 9.34. The first kappa shape index (κ1) is 18.7. The standard InChI is InChI=1S/C22H20FN5O/c1-16-20(28-12-3-11-25-22(28)26-16)21(29)27(15-18-4-2-10-24-14-18)13-9-17-5-7-19(23)8-6-17/h2-8,10-12,14H,9,13,15H2,1H3. The van der Waals surface area contributed by atoms with Crippen molar-refractivity contribution in [1.82, 2.24) is 24.3 Å². The molecule has 0 aliphatic carbocycles. The van der Waals surface area contributed by atoms with E-state index in [2.05, 4.69) is 15.0 Å². The third kappa shape index (κ3) is 4.13. The molecule has 0 N–H and O–H groups in total. The molecule has 0 saturated heterocycles. The fraction of sp³-hybridized carbons (Fsp3) is 0.182. The third-order valence-electron chi connectivity index (χ3n) is 4.75. The summed E-state index contributed by atoms with van der Waals surface area (Å²) in [5.41, 5.74) is 3.03. The number of aromatic nitrogens is 4. The molecule has 3 aromatic heterocycles. The number of pyridine rings is 1. The number of hydrogen-bond donors (Lipinski definition) is 0. The van der Waals surface area contributed by atoms with E-state index in [-0.39, 0.29) is 11.7 Å². The lowest BCUT2D eigenvalue weighted by Gasteiger charge is -2.23. The fourth-order valence-electron chi connectivity index (χ4n) is 3.28. The number of hydrogen-bond acceptors (Lipinski definition) is 4. The van der Waals surface area contributed by atoms with E-state index in [4.69, 9.17) is 0 Å². The predicted molar refractivity (Wildman–Crippen MR) is 107 cm³/mol. The molecule has 0 radical (unpaired) electrons. The van der Waals surface area contributed by atoms with Crippen molar-refractivity contribution in [2.45, 2.75) is 19.9 Å². The number of rotatable bonds is 6. The molecular weight excluding hydrogens is 369 g/mol. The Morgan fingerprint density at radius 3 is 2.69 bits per heavy atom. The summed E-state index contributed by atoms with van der Waals surface area (Å²) in [6.45, 7) is 2.71. The van der Waals surface area contributed by atoms with Crippen LogP contribution in [0.15, 0.2) is 67.3 Å². The molecular formula is C22H20FN5O. The summed E-state index contributed by atoms with van der Waals surface area (Å²) in [6.07, 6.45) is 7.51. The van der Waals surface area contributed by atoms with Gasteiger partial charge in [-0.25, -0.2) is 14.4 Å². The molecule has 0 aliphatic heterocycles. The highest BCUT2D eigenvalue weighted by Gasteiger charge is 2.23. The molecule has 3 heterocycles. The van der Waals surface area contributed by atoms with Gasteiger partial charge < -0.3 is 4.90 Å². The summed E-state index contributed by atoms with van der Waals surface area (Å²) in [5.74, 6) is 0.0908. The summed E-state index contributed by atoms with van der Waals surface area (Å²) < 4.78 is 14.9. The maximum Gasteiger partial charge on any atom is 0.273 e. The van der Waals surface area contributed by atoms with Crippen LogP contribution in [-0.4, -0.2) is 36.7 Å². The highest BCUT2D eigenvalue weighted by Crippen LogP contribution is 2.16. The highest BCUT2D eigenvalue weighted by molar-refractivity contribution is 5.94. The van der Waals surface area contributed by atoms with Crippen molar-refractivity contribution in [1.29, 1.82) is 0 Å². The molecule has 4 rings (SSSR count). The minimum atomic E-state index is -0.272. The van der Waals surface area contributed by atoms with Gasteiger partial charge in [0, 0.05) is 37.9 Å². The lowest BCUT2D eigenvalue weighted by molar-refractivity contribution is 0.0737. The predicted octanol–water partition coefficient (Wildman–Crippen LogP) is 3.46. The number of carbonyl (C=O) groups is 1. The van der Waals surface area contributed by atoms with Crippen molar-refractivity contribution in [2.24, 2.45) is 0 Å². The second kappa shape index (κ2) is 8.18. The van der Waals surface area contributed by atoms with Crippen molar-refractivity contribution in [3.8, 4) is 0 Å². The molecule has 1 amide bonds. The Labute approximate surface area is 167 Å². The van der Waals surface area contributed by atoms with Gasteiger partial charge in [-0.2, -0.15) is 0 Å². The van der Waals surface area contributed by atoms with Crippen LogP contribution in [-0.2, 0) is 13.0 Å². The summed E-state index contributed by atoms with van der Waals surface area (Å²) >= 11 is 0. The van der Waals surface area contributed by atoms with E-state index in [0.29, 0.717) is 36.7 Å². The van der Waals surface area contributed by atoms with E-state index in [9.17, 15) is 9.18 Å². The second-order valence-electron chi connectivity index (χ2n) is 6.80. The quantitative estimate of drug-likeness (QED) is 0.507. The number of carbonyl (C=O) groups excluding carboxylic acids is 1. The van der Waals surface area contributed by atoms with Crippen LogP contribution >= 0.6 is 0 Å². The SMILES string of the molecule is Cc1nc2ncccn2c1C(=O)N(CCc1ccc(F)cc1)Cc1cccnc1. The summed E-state index contributed by atoms with van der Waals surface area (Å²) in [6, 6.07) is 11.9. The monoisotopic (exact) mass is 389 g/mol. The Morgan fingerprint density at radius 1 is 1.10 bits per heavy atom. The molecule has 146 valence electrons. The molecule has 4 aromatic rings. The molecule has 29 heavy (non-hydrogen) atoms. The van der Waals surface area contributed by atoms with E-state index in [1.807, 2.05) is 19.1 Å². The average molecular weight is 389 g/mol. The molecule has 7 heteroatoms. The third-order valence-corrected chi connectivity index (χ3v) is 4.75. The first-order valence-electron chi connectivity index (χ1n) is 9.34. The van der Waals surface area contributed by atoms with E-state index >= 15 is 0 Å². The highest BCUT2D eigenvalue weighted by atomic mass is 19.1. The molecule has 0 bridgehead atoms. The molecule has 6 nitrogen and oxygen atoms in total. The van der Waals surface area contributed by atoms with Gasteiger partial charge in [0.05, 0.1) is 5.69 Å². The first-order chi connectivity index (χ1) is 14.1. The summed E-state index contributed by atoms with van der Waals surface area (Å²) in [5, 5.41) is 0. The Bertz CT molecular complexity index is 1130. The zero-order valence-electron chi connectivity index (χ0n) is 16.0. The Hall–Kier alpha value is -3.61. The second-order valence-corrected chi connectivity index (χ2v) is 6.80. The van der Waals surface area contributed by atoms with Crippen LogP contribution in [0.2, 0.25) is 0 Å². The Morgan fingerprint density at radius 2 is 1.93 bits per heavy atom. The van der Waals surface area contributed by atoms with Crippen LogP contribution < -0.4 is 0 Å². The topological polar surface area (TPSA) is 63.4 Å². The molecule has 0 atom stereocenters. The maximum atomic E-state index is 13.5. The molecule has 0 aliphatic rings. The fourth-order valence-corrected chi connectivity index (χ4v) is 3.28. The average Bonchev–Trinajstić information content (AvgIpc) is 3.08. The number of imidazole rings is 1. The van der Waals surface area contributed by atoms with Gasteiger partial charge in [-0.1, -0.05) is 18.2 Å². The van der Waals surface area contributed by atoms with E-state index < -0.39 is 0 Å². The number of amides is 1. The van der Waals surface area contributed by atoms with Gasteiger partial charge in [0.1, 0.15) is 11.5 Å². The van der Waals surface area contributed by atoms with Crippen LogP contribution in [0.5, 0.6) is 0 Å². The normalized spacial score (nSPS) is 11.0. The van der Waals surface area contributed by atoms with Crippen molar-refractivity contribution >= 4 is 11.7 Å². The van der Waals surface area contributed by atoms with Gasteiger partial charge in [0.2, 0.25) is 5.78 Å². The maximum absolute atomic E-state index is 13.5. The molecule has 0 unspecified atom stereocenters. The zero-order chi connectivity index (χ0) is 20.2. The Balaban J connectivity index is 1.63. The minimum absolute atomic E-state index is 0.131. The molecule has 0 saturated carbocycles. The number of fused-ring (bicyclic) bond motifs is 1. The number of benzene rings is 1. The molecule has 0 fully saturated rings. The lowest BCUT2D eigenvalue weighted by atomic mass is 10.1. The van der Waals surface area contributed by atoms with Crippen molar-refractivity contribution < 1.29 is 9.18 Å². The zero-order valence-corrected chi connectivity index (χ0v) is 16.0. The van der Waals surface area contributed by atoms with Gasteiger partial charge in [-0.3, -0.25) is 14.2 Å². The van der Waals surface area contributed by atoms with Gasteiger partial charge in [-0.05, 0) is 48.7 Å². The minimum Gasteiger partial charge on any atom is -0.333 e. The van der Waals surface area contributed by atoms with Crippen LogP contribution in [0.25, 0.3) is 5.78 Å². The number of aryl methyl sites for hydroxylation is 1. The van der Waals surface area contributed by atoms with Crippen LogP contribution in [0.3, 0.4) is 0 Å². The number of halogens is 1. The van der Waals surface area contributed by atoms with Crippen molar-refractivity contribution in [2.75, 3.05) is 6.54 Å².